The van der Waals surface area contributed by atoms with E-state index in [1.54, 1.807) is 6.07 Å². The molecule has 0 aliphatic carbocycles. The van der Waals surface area contributed by atoms with Gasteiger partial charge >= 0.3 is 0 Å². The summed E-state index contributed by atoms with van der Waals surface area (Å²) in [7, 11) is 0. The Labute approximate surface area is 199 Å². The fourth-order valence-electron chi connectivity index (χ4n) is 3.71. The predicted octanol–water partition coefficient (Wildman–Crippen LogP) is 4.00. The maximum Gasteiger partial charge on any atom is 0.246 e. The number of nitrogens with zero attached hydrogens (tertiary/aromatic N) is 2. The van der Waals surface area contributed by atoms with E-state index in [9.17, 15) is 4.79 Å². The second-order valence-electron chi connectivity index (χ2n) is 8.50. The average molecular weight is 466 g/mol. The van der Waals surface area contributed by atoms with E-state index in [0.717, 1.165) is 25.1 Å². The number of carbonyl (C=O) groups excluding carboxylic acids is 1. The molecule has 0 saturated carbocycles. The SMILES string of the molecule is CC(C)N(CCCNC(=O)COCc1cc(-c2ccc3c(c2)OCO3)on1)Cc1ccccc1. The molecule has 0 atom stereocenters. The largest absolute Gasteiger partial charge is 0.454 e. The highest BCUT2D eigenvalue weighted by Crippen LogP contribution is 2.36. The molecular formula is C26H31N3O5. The molecule has 2 heterocycles. The fourth-order valence-corrected chi connectivity index (χ4v) is 3.71. The van der Waals surface area contributed by atoms with Crippen LogP contribution in [0.5, 0.6) is 11.5 Å². The van der Waals surface area contributed by atoms with Crippen LogP contribution in [-0.2, 0) is 22.7 Å². The molecule has 1 aliphatic rings. The lowest BCUT2D eigenvalue weighted by atomic mass is 10.1. The number of carbonyl (C=O) groups is 1. The first-order chi connectivity index (χ1) is 16.6. The molecule has 1 aromatic heterocycles. The van der Waals surface area contributed by atoms with E-state index in [4.69, 9.17) is 18.7 Å². The fraction of sp³-hybridized carbons (Fsp3) is 0.385. The molecule has 0 bridgehead atoms. The van der Waals surface area contributed by atoms with Gasteiger partial charge in [-0.1, -0.05) is 35.5 Å². The standard InChI is InChI=1S/C26H31N3O5/c1-19(2)29(15-20-7-4-3-5-8-20)12-6-11-27-26(30)17-31-16-22-14-24(34-28-22)21-9-10-23-25(13-21)33-18-32-23/h3-5,7-10,13-14,19H,6,11-12,15-18H2,1-2H3,(H,27,30). The monoisotopic (exact) mass is 465 g/mol. The van der Waals surface area contributed by atoms with Crippen molar-refractivity contribution < 1.29 is 23.5 Å². The Morgan fingerprint density at radius 1 is 1.12 bits per heavy atom. The van der Waals surface area contributed by atoms with E-state index in [0.29, 0.717) is 35.5 Å². The Morgan fingerprint density at radius 2 is 1.94 bits per heavy atom. The van der Waals surface area contributed by atoms with Crippen LogP contribution in [0, 0.1) is 0 Å². The number of ether oxygens (including phenoxy) is 3. The normalized spacial score (nSPS) is 12.5. The minimum Gasteiger partial charge on any atom is -0.454 e. The Morgan fingerprint density at radius 3 is 2.76 bits per heavy atom. The number of amides is 1. The minimum absolute atomic E-state index is 0.0237. The number of rotatable bonds is 12. The van der Waals surface area contributed by atoms with Crippen LogP contribution in [0.1, 0.15) is 31.5 Å². The van der Waals surface area contributed by atoms with E-state index < -0.39 is 0 Å². The number of aromatic nitrogens is 1. The third-order valence-electron chi connectivity index (χ3n) is 5.60. The number of fused-ring (bicyclic) bond motifs is 1. The predicted molar refractivity (Wildman–Crippen MR) is 127 cm³/mol. The summed E-state index contributed by atoms with van der Waals surface area (Å²) < 4.78 is 21.6. The third-order valence-corrected chi connectivity index (χ3v) is 5.60. The first kappa shape index (κ1) is 23.8. The Balaban J connectivity index is 1.14. The number of nitrogens with one attached hydrogen (secondary N) is 1. The van der Waals surface area contributed by atoms with Crippen LogP contribution < -0.4 is 14.8 Å². The van der Waals surface area contributed by atoms with Gasteiger partial charge in [0.1, 0.15) is 12.3 Å². The van der Waals surface area contributed by atoms with Gasteiger partial charge in [0.15, 0.2) is 17.3 Å². The summed E-state index contributed by atoms with van der Waals surface area (Å²) in [4.78, 5) is 14.5. The molecule has 1 aliphatic heterocycles. The van der Waals surface area contributed by atoms with Gasteiger partial charge in [-0.15, -0.1) is 0 Å². The first-order valence-corrected chi connectivity index (χ1v) is 11.6. The Kier molecular flexibility index (Phi) is 8.17. The van der Waals surface area contributed by atoms with Crippen LogP contribution >= 0.6 is 0 Å². The van der Waals surface area contributed by atoms with Crippen molar-refractivity contribution in [2.45, 2.75) is 39.5 Å². The first-order valence-electron chi connectivity index (χ1n) is 11.6. The summed E-state index contributed by atoms with van der Waals surface area (Å²) in [6, 6.07) is 18.2. The lowest BCUT2D eigenvalue weighted by Crippen LogP contribution is -2.34. The van der Waals surface area contributed by atoms with E-state index in [2.05, 4.69) is 53.5 Å². The summed E-state index contributed by atoms with van der Waals surface area (Å²) in [6.07, 6.45) is 0.874. The molecule has 4 rings (SSSR count). The summed E-state index contributed by atoms with van der Waals surface area (Å²) in [5.74, 6) is 1.86. The molecule has 3 aromatic rings. The van der Waals surface area contributed by atoms with E-state index >= 15 is 0 Å². The molecule has 8 nitrogen and oxygen atoms in total. The zero-order valence-corrected chi connectivity index (χ0v) is 19.7. The van der Waals surface area contributed by atoms with Crippen molar-refractivity contribution in [3.63, 3.8) is 0 Å². The van der Waals surface area contributed by atoms with Gasteiger partial charge in [-0.3, -0.25) is 9.69 Å². The van der Waals surface area contributed by atoms with E-state index in [-0.39, 0.29) is 25.9 Å². The molecule has 2 aromatic carbocycles. The molecule has 34 heavy (non-hydrogen) atoms. The van der Waals surface area contributed by atoms with Crippen LogP contribution in [0.2, 0.25) is 0 Å². The van der Waals surface area contributed by atoms with E-state index in [1.165, 1.54) is 5.56 Å². The third kappa shape index (κ3) is 6.59. The number of benzene rings is 2. The highest BCUT2D eigenvalue weighted by molar-refractivity contribution is 5.77. The Bertz CT molecular complexity index is 1070. The van der Waals surface area contributed by atoms with Crippen molar-refractivity contribution in [3.8, 4) is 22.8 Å². The van der Waals surface area contributed by atoms with Crippen molar-refractivity contribution in [2.75, 3.05) is 26.5 Å². The van der Waals surface area contributed by atoms with Gasteiger partial charge < -0.3 is 24.1 Å². The molecule has 0 spiro atoms. The quantitative estimate of drug-likeness (QED) is 0.405. The molecule has 0 radical (unpaired) electrons. The molecule has 180 valence electrons. The van der Waals surface area contributed by atoms with Crippen molar-refractivity contribution >= 4 is 5.91 Å². The summed E-state index contributed by atoms with van der Waals surface area (Å²) in [6.45, 7) is 7.20. The summed E-state index contributed by atoms with van der Waals surface area (Å²) in [5, 5.41) is 6.94. The Hall–Kier alpha value is -3.36. The van der Waals surface area contributed by atoms with Crippen molar-refractivity contribution in [1.82, 2.24) is 15.4 Å². The maximum absolute atomic E-state index is 12.1. The van der Waals surface area contributed by atoms with Crippen LogP contribution in [0.25, 0.3) is 11.3 Å². The topological polar surface area (TPSA) is 86.1 Å². The van der Waals surface area contributed by atoms with Crippen LogP contribution in [0.3, 0.4) is 0 Å². The second kappa shape index (κ2) is 11.7. The molecule has 0 saturated heterocycles. The zero-order valence-electron chi connectivity index (χ0n) is 19.7. The van der Waals surface area contributed by atoms with Crippen molar-refractivity contribution in [2.24, 2.45) is 0 Å². The van der Waals surface area contributed by atoms with Crippen molar-refractivity contribution in [1.29, 1.82) is 0 Å². The van der Waals surface area contributed by atoms with Gasteiger partial charge in [0.2, 0.25) is 12.7 Å². The number of hydrogen-bond donors (Lipinski definition) is 1. The maximum atomic E-state index is 12.1. The molecular weight excluding hydrogens is 434 g/mol. The molecule has 1 N–H and O–H groups in total. The van der Waals surface area contributed by atoms with Crippen LogP contribution in [-0.4, -0.2) is 48.5 Å². The molecule has 1 amide bonds. The second-order valence-corrected chi connectivity index (χ2v) is 8.50. The van der Waals surface area contributed by atoms with Crippen LogP contribution in [0.4, 0.5) is 0 Å². The summed E-state index contributed by atoms with van der Waals surface area (Å²) in [5.41, 5.74) is 2.75. The smallest absolute Gasteiger partial charge is 0.246 e. The van der Waals surface area contributed by atoms with Gasteiger partial charge in [0, 0.05) is 37.3 Å². The van der Waals surface area contributed by atoms with Gasteiger partial charge in [0.25, 0.3) is 0 Å². The number of hydrogen-bond acceptors (Lipinski definition) is 7. The lowest BCUT2D eigenvalue weighted by Gasteiger charge is -2.26. The minimum atomic E-state index is -0.140. The van der Waals surface area contributed by atoms with Gasteiger partial charge in [-0.2, -0.15) is 0 Å². The molecule has 0 fully saturated rings. The van der Waals surface area contributed by atoms with Gasteiger partial charge in [0.05, 0.1) is 6.61 Å². The van der Waals surface area contributed by atoms with E-state index in [1.807, 2.05) is 24.3 Å². The molecule has 0 unspecified atom stereocenters. The van der Waals surface area contributed by atoms with Crippen molar-refractivity contribution in [3.05, 3.63) is 65.9 Å². The highest BCUT2D eigenvalue weighted by Gasteiger charge is 2.16. The van der Waals surface area contributed by atoms with Gasteiger partial charge in [-0.25, -0.2) is 0 Å². The molecule has 8 heteroatoms. The highest BCUT2D eigenvalue weighted by atomic mass is 16.7. The average Bonchev–Trinajstić information content (AvgIpc) is 3.50. The summed E-state index contributed by atoms with van der Waals surface area (Å²) >= 11 is 0. The van der Waals surface area contributed by atoms with Crippen LogP contribution in [0.15, 0.2) is 59.1 Å². The zero-order chi connectivity index (χ0) is 23.8. The van der Waals surface area contributed by atoms with Gasteiger partial charge in [-0.05, 0) is 44.0 Å². The lowest BCUT2D eigenvalue weighted by molar-refractivity contribution is -0.126.